The number of rotatable bonds is 4. The van der Waals surface area contributed by atoms with E-state index in [9.17, 15) is 4.79 Å². The minimum Gasteiger partial charge on any atom is -0.368 e. The van der Waals surface area contributed by atoms with E-state index in [0.717, 1.165) is 43.0 Å². The predicted molar refractivity (Wildman–Crippen MR) is 124 cm³/mol. The van der Waals surface area contributed by atoms with Crippen molar-refractivity contribution >= 4 is 45.9 Å². The molecule has 1 aliphatic heterocycles. The van der Waals surface area contributed by atoms with Crippen molar-refractivity contribution in [2.75, 3.05) is 36.8 Å². The number of thioether (sulfide) groups is 1. The van der Waals surface area contributed by atoms with E-state index in [2.05, 4.69) is 33.3 Å². The fraction of sp³-hybridized carbons (Fsp3) is 0.273. The number of carbonyl (C=O) groups is 1. The third-order valence-corrected chi connectivity index (χ3v) is 6.95. The van der Waals surface area contributed by atoms with Crippen LogP contribution in [-0.2, 0) is 11.8 Å². The fourth-order valence-electron chi connectivity index (χ4n) is 4.35. The van der Waals surface area contributed by atoms with Crippen LogP contribution in [0.5, 0.6) is 0 Å². The molecule has 3 aromatic heterocycles. The summed E-state index contributed by atoms with van der Waals surface area (Å²) >= 11 is 1.38. The molecular weight excluding hydrogens is 424 g/mol. The van der Waals surface area contributed by atoms with Crippen LogP contribution in [0.25, 0.3) is 22.6 Å². The molecule has 1 aliphatic rings. The molecule has 0 atom stereocenters. The lowest BCUT2D eigenvalue weighted by molar-refractivity contribution is -0.128. The van der Waals surface area contributed by atoms with E-state index in [0.29, 0.717) is 16.7 Å². The summed E-state index contributed by atoms with van der Waals surface area (Å²) in [7, 11) is 1.99. The molecule has 10 heteroatoms. The highest BCUT2D eigenvalue weighted by atomic mass is 32.2. The Morgan fingerprint density at radius 3 is 2.41 bits per heavy atom. The van der Waals surface area contributed by atoms with E-state index in [1.165, 1.54) is 17.4 Å². The molecule has 162 valence electrons. The van der Waals surface area contributed by atoms with E-state index in [1.807, 2.05) is 57.3 Å². The first-order chi connectivity index (χ1) is 15.7. The van der Waals surface area contributed by atoms with Gasteiger partial charge in [0.15, 0.2) is 0 Å². The van der Waals surface area contributed by atoms with Gasteiger partial charge in [0.05, 0.1) is 16.8 Å². The lowest BCUT2D eigenvalue weighted by atomic mass is 10.2. The average molecular weight is 447 g/mol. The van der Waals surface area contributed by atoms with Crippen molar-refractivity contribution in [1.29, 1.82) is 0 Å². The molecule has 0 radical (unpaired) electrons. The van der Waals surface area contributed by atoms with Gasteiger partial charge in [-0.15, -0.1) is 15.3 Å². The first-order valence-corrected chi connectivity index (χ1v) is 11.6. The van der Waals surface area contributed by atoms with Gasteiger partial charge >= 0.3 is 0 Å². The molecule has 0 bridgehead atoms. The number of piperazine rings is 1. The normalized spacial score (nSPS) is 14.8. The van der Waals surface area contributed by atoms with Gasteiger partial charge in [0.2, 0.25) is 16.8 Å². The highest BCUT2D eigenvalue weighted by Gasteiger charge is 2.23. The number of para-hydroxylation sites is 3. The Kier molecular flexibility index (Phi) is 4.53. The van der Waals surface area contributed by atoms with Crippen molar-refractivity contribution in [3.63, 3.8) is 0 Å². The van der Waals surface area contributed by atoms with Gasteiger partial charge in [-0.3, -0.25) is 4.79 Å². The monoisotopic (exact) mass is 446 g/mol. The standard InChI is InChI=1S/C22H22N8OS/c1-26-17-9-5-6-10-18(17)29-20-23-24-22(30(20)25-21(26)29)32-15-19(31)28-13-11-27(12-14-28)16-7-3-2-4-8-16/h2-10H,11-15H2,1H3. The Balaban J connectivity index is 1.16. The molecule has 6 rings (SSSR count). The van der Waals surface area contributed by atoms with E-state index >= 15 is 0 Å². The highest BCUT2D eigenvalue weighted by molar-refractivity contribution is 7.99. The van der Waals surface area contributed by atoms with Crippen LogP contribution in [0, 0.1) is 0 Å². The second-order valence-electron chi connectivity index (χ2n) is 7.87. The Morgan fingerprint density at radius 1 is 0.906 bits per heavy atom. The summed E-state index contributed by atoms with van der Waals surface area (Å²) in [4.78, 5) is 17.1. The summed E-state index contributed by atoms with van der Waals surface area (Å²) < 4.78 is 5.76. The van der Waals surface area contributed by atoms with Crippen LogP contribution in [0.2, 0.25) is 0 Å². The van der Waals surface area contributed by atoms with Crippen molar-refractivity contribution in [3.05, 3.63) is 54.6 Å². The molecule has 4 heterocycles. The van der Waals surface area contributed by atoms with Gasteiger partial charge < -0.3 is 14.4 Å². The zero-order valence-corrected chi connectivity index (χ0v) is 18.4. The maximum atomic E-state index is 12.8. The molecule has 32 heavy (non-hydrogen) atoms. The maximum Gasteiger partial charge on any atom is 0.260 e. The summed E-state index contributed by atoms with van der Waals surface area (Å²) in [6.07, 6.45) is 0. The van der Waals surface area contributed by atoms with Gasteiger partial charge in [-0.1, -0.05) is 42.1 Å². The molecule has 1 fully saturated rings. The first-order valence-electron chi connectivity index (χ1n) is 10.6. The number of benzene rings is 2. The second-order valence-corrected chi connectivity index (χ2v) is 8.81. The Hall–Kier alpha value is -3.53. The van der Waals surface area contributed by atoms with Crippen molar-refractivity contribution in [2.45, 2.75) is 5.16 Å². The number of fused-ring (bicyclic) bond motifs is 5. The molecule has 0 N–H and O–H groups in total. The van der Waals surface area contributed by atoms with Crippen LogP contribution in [0.3, 0.4) is 0 Å². The molecule has 9 nitrogen and oxygen atoms in total. The number of anilines is 1. The second kappa shape index (κ2) is 7.56. The predicted octanol–water partition coefficient (Wildman–Crippen LogP) is 2.31. The van der Waals surface area contributed by atoms with Gasteiger partial charge in [-0.05, 0) is 24.3 Å². The van der Waals surface area contributed by atoms with Crippen molar-refractivity contribution in [2.24, 2.45) is 7.05 Å². The number of amides is 1. The van der Waals surface area contributed by atoms with Crippen LogP contribution < -0.4 is 4.90 Å². The average Bonchev–Trinajstić information content (AvgIpc) is 3.49. The lowest BCUT2D eigenvalue weighted by Gasteiger charge is -2.36. The Morgan fingerprint density at radius 2 is 1.62 bits per heavy atom. The quantitative estimate of drug-likeness (QED) is 0.395. The molecule has 5 aromatic rings. The number of aromatic nitrogens is 6. The smallest absolute Gasteiger partial charge is 0.260 e. The highest BCUT2D eigenvalue weighted by Crippen LogP contribution is 2.24. The number of imidazole rings is 1. The zero-order valence-electron chi connectivity index (χ0n) is 17.6. The first kappa shape index (κ1) is 19.2. The number of carbonyl (C=O) groups excluding carboxylic acids is 1. The van der Waals surface area contributed by atoms with Crippen LogP contribution in [0.1, 0.15) is 0 Å². The zero-order chi connectivity index (χ0) is 21.7. The molecular formula is C22H22N8OS. The van der Waals surface area contributed by atoms with Gasteiger partial charge in [-0.25, -0.2) is 4.40 Å². The van der Waals surface area contributed by atoms with Crippen LogP contribution in [0.4, 0.5) is 5.69 Å². The van der Waals surface area contributed by atoms with Crippen LogP contribution >= 0.6 is 11.8 Å². The molecule has 0 saturated carbocycles. The number of aryl methyl sites for hydroxylation is 1. The van der Waals surface area contributed by atoms with E-state index < -0.39 is 0 Å². The molecule has 0 unspecified atom stereocenters. The van der Waals surface area contributed by atoms with Crippen LogP contribution in [0.15, 0.2) is 59.8 Å². The van der Waals surface area contributed by atoms with Crippen LogP contribution in [-0.4, -0.2) is 71.5 Å². The minimum absolute atomic E-state index is 0.119. The fourth-order valence-corrected chi connectivity index (χ4v) is 5.12. The third kappa shape index (κ3) is 3.01. The molecule has 0 spiro atoms. The minimum atomic E-state index is 0.119. The van der Waals surface area contributed by atoms with E-state index in [1.54, 1.807) is 4.52 Å². The molecule has 1 saturated heterocycles. The lowest BCUT2D eigenvalue weighted by Crippen LogP contribution is -2.49. The molecule has 2 aromatic carbocycles. The summed E-state index contributed by atoms with van der Waals surface area (Å²) in [6.45, 7) is 3.14. The summed E-state index contributed by atoms with van der Waals surface area (Å²) in [6, 6.07) is 18.5. The molecule has 0 aliphatic carbocycles. The van der Waals surface area contributed by atoms with Crippen molar-refractivity contribution in [1.82, 2.24) is 33.7 Å². The Bertz CT molecular complexity index is 1430. The van der Waals surface area contributed by atoms with Gasteiger partial charge in [0.25, 0.3) is 5.78 Å². The third-order valence-electron chi connectivity index (χ3n) is 6.05. The number of hydrogen-bond donors (Lipinski definition) is 0. The van der Waals surface area contributed by atoms with Crippen molar-refractivity contribution in [3.8, 4) is 0 Å². The largest absolute Gasteiger partial charge is 0.368 e. The van der Waals surface area contributed by atoms with Crippen molar-refractivity contribution < 1.29 is 4.79 Å². The SMILES string of the molecule is Cn1c2ccccc2n2c1nn1c(SCC(=O)N3CCN(c4ccccc4)CC3)nnc12. The van der Waals surface area contributed by atoms with Gasteiger partial charge in [0, 0.05) is 38.9 Å². The number of hydrogen-bond acceptors (Lipinski definition) is 6. The van der Waals surface area contributed by atoms with E-state index in [4.69, 9.17) is 5.10 Å². The maximum absolute atomic E-state index is 12.8. The molecule has 1 amide bonds. The Labute approximate surface area is 188 Å². The topological polar surface area (TPSA) is 76.0 Å². The van der Waals surface area contributed by atoms with Gasteiger partial charge in [0.1, 0.15) is 0 Å². The van der Waals surface area contributed by atoms with E-state index in [-0.39, 0.29) is 5.91 Å². The van der Waals surface area contributed by atoms with Gasteiger partial charge in [-0.2, -0.15) is 4.52 Å². The summed E-state index contributed by atoms with van der Waals surface area (Å²) in [5, 5.41) is 14.0. The summed E-state index contributed by atoms with van der Waals surface area (Å²) in [5.41, 5.74) is 3.32. The summed E-state index contributed by atoms with van der Waals surface area (Å²) in [5.74, 6) is 1.89. The number of nitrogens with zero attached hydrogens (tertiary/aromatic N) is 8.